The topological polar surface area (TPSA) is 12.9 Å². The van der Waals surface area contributed by atoms with E-state index in [1.807, 2.05) is 19.1 Å². The Morgan fingerprint density at radius 3 is 2.93 bits per heavy atom. The van der Waals surface area contributed by atoms with Crippen molar-refractivity contribution in [3.05, 3.63) is 37.8 Å². The zero-order chi connectivity index (χ0) is 10.3. The Balaban J connectivity index is 3.02. The summed E-state index contributed by atoms with van der Waals surface area (Å²) in [6.45, 7) is 1.97. The van der Waals surface area contributed by atoms with Gasteiger partial charge in [0.05, 0.1) is 4.47 Å². The Morgan fingerprint density at radius 2 is 2.21 bits per heavy atom. The molecule has 0 aliphatic rings. The maximum absolute atomic E-state index is 13.7. The van der Waals surface area contributed by atoms with Crippen LogP contribution in [-0.2, 0) is 0 Å². The maximum atomic E-state index is 13.7. The number of rotatable bonds is 0. The lowest BCUT2D eigenvalue weighted by molar-refractivity contribution is 0.628. The standard InChI is InChI=1S/C10H6BrFIN/c1-5-6-3-2-4-14-10(6)8(12)7(11)9(5)13/h2-4H,1H3. The van der Waals surface area contributed by atoms with Crippen molar-refractivity contribution >= 4 is 49.4 Å². The average Bonchev–Trinajstić information content (AvgIpc) is 2.23. The second kappa shape index (κ2) is 3.73. The number of benzene rings is 1. The van der Waals surface area contributed by atoms with Crippen LogP contribution in [0, 0.1) is 16.3 Å². The van der Waals surface area contributed by atoms with Gasteiger partial charge in [-0.2, -0.15) is 0 Å². The van der Waals surface area contributed by atoms with Crippen LogP contribution in [0.1, 0.15) is 5.56 Å². The molecule has 0 N–H and O–H groups in total. The Morgan fingerprint density at radius 1 is 1.50 bits per heavy atom. The zero-order valence-corrected chi connectivity index (χ0v) is 11.1. The first-order valence-electron chi connectivity index (χ1n) is 4.00. The minimum absolute atomic E-state index is 0.282. The van der Waals surface area contributed by atoms with Gasteiger partial charge in [-0.25, -0.2) is 4.39 Å². The minimum atomic E-state index is -0.282. The van der Waals surface area contributed by atoms with Gasteiger partial charge in [-0.3, -0.25) is 4.98 Å². The molecule has 1 heterocycles. The summed E-state index contributed by atoms with van der Waals surface area (Å²) in [6, 6.07) is 3.70. The van der Waals surface area contributed by atoms with Crippen LogP contribution in [0.2, 0.25) is 0 Å². The first-order chi connectivity index (χ1) is 6.63. The van der Waals surface area contributed by atoms with Crippen LogP contribution in [0.4, 0.5) is 4.39 Å². The van der Waals surface area contributed by atoms with Gasteiger partial charge in [0.2, 0.25) is 0 Å². The molecule has 72 valence electrons. The number of aromatic nitrogens is 1. The number of aryl methyl sites for hydroxylation is 1. The van der Waals surface area contributed by atoms with Crippen molar-refractivity contribution in [2.24, 2.45) is 0 Å². The number of hydrogen-bond donors (Lipinski definition) is 0. The molecular formula is C10H6BrFIN. The van der Waals surface area contributed by atoms with E-state index in [1.165, 1.54) is 0 Å². The van der Waals surface area contributed by atoms with Crippen LogP contribution in [0.3, 0.4) is 0 Å². The predicted molar refractivity (Wildman–Crippen MR) is 66.9 cm³/mol. The summed E-state index contributed by atoms with van der Waals surface area (Å²) in [4.78, 5) is 4.04. The van der Waals surface area contributed by atoms with Crippen molar-refractivity contribution in [2.45, 2.75) is 6.92 Å². The van der Waals surface area contributed by atoms with Gasteiger partial charge in [-0.1, -0.05) is 6.07 Å². The number of halogens is 3. The zero-order valence-electron chi connectivity index (χ0n) is 7.31. The third-order valence-electron chi connectivity index (χ3n) is 2.13. The lowest BCUT2D eigenvalue weighted by atomic mass is 10.1. The molecule has 0 atom stereocenters. The molecule has 0 aliphatic heterocycles. The minimum Gasteiger partial charge on any atom is -0.253 e. The van der Waals surface area contributed by atoms with Crippen molar-refractivity contribution in [1.29, 1.82) is 0 Å². The molecule has 0 spiro atoms. The van der Waals surface area contributed by atoms with Gasteiger partial charge >= 0.3 is 0 Å². The summed E-state index contributed by atoms with van der Waals surface area (Å²) in [5.74, 6) is -0.282. The maximum Gasteiger partial charge on any atom is 0.164 e. The van der Waals surface area contributed by atoms with E-state index in [9.17, 15) is 4.39 Å². The normalized spacial score (nSPS) is 10.9. The predicted octanol–water partition coefficient (Wildman–Crippen LogP) is 4.05. The Bertz CT molecular complexity index is 466. The summed E-state index contributed by atoms with van der Waals surface area (Å²) in [5.41, 5.74) is 1.49. The molecule has 1 aromatic heterocycles. The van der Waals surface area contributed by atoms with Gasteiger partial charge < -0.3 is 0 Å². The molecular weight excluding hydrogens is 360 g/mol. The highest BCUT2D eigenvalue weighted by molar-refractivity contribution is 14.1. The molecule has 0 saturated heterocycles. The van der Waals surface area contributed by atoms with E-state index in [2.05, 4.69) is 43.5 Å². The molecule has 1 nitrogen and oxygen atoms in total. The molecule has 4 heteroatoms. The van der Waals surface area contributed by atoms with Crippen LogP contribution in [0.15, 0.2) is 22.8 Å². The van der Waals surface area contributed by atoms with Gasteiger partial charge in [0, 0.05) is 15.2 Å². The molecule has 0 aliphatic carbocycles. The van der Waals surface area contributed by atoms with Crippen molar-refractivity contribution in [3.63, 3.8) is 0 Å². The fourth-order valence-corrected chi connectivity index (χ4v) is 2.38. The molecule has 0 saturated carbocycles. The van der Waals surface area contributed by atoms with E-state index >= 15 is 0 Å². The monoisotopic (exact) mass is 365 g/mol. The van der Waals surface area contributed by atoms with Crippen LogP contribution in [0.5, 0.6) is 0 Å². The smallest absolute Gasteiger partial charge is 0.164 e. The van der Waals surface area contributed by atoms with E-state index in [-0.39, 0.29) is 5.82 Å². The average molecular weight is 366 g/mol. The Hall–Kier alpha value is -0.230. The lowest BCUT2D eigenvalue weighted by Gasteiger charge is -2.07. The van der Waals surface area contributed by atoms with Crippen LogP contribution in [-0.4, -0.2) is 4.98 Å². The molecule has 14 heavy (non-hydrogen) atoms. The lowest BCUT2D eigenvalue weighted by Crippen LogP contribution is -1.93. The number of fused-ring (bicyclic) bond motifs is 1. The molecule has 1 aromatic carbocycles. The molecule has 0 bridgehead atoms. The molecule has 0 fully saturated rings. The van der Waals surface area contributed by atoms with Crippen molar-refractivity contribution < 1.29 is 4.39 Å². The molecule has 2 rings (SSSR count). The largest absolute Gasteiger partial charge is 0.253 e. The van der Waals surface area contributed by atoms with Crippen LogP contribution in [0.25, 0.3) is 10.9 Å². The van der Waals surface area contributed by atoms with E-state index in [4.69, 9.17) is 0 Å². The fourth-order valence-electron chi connectivity index (χ4n) is 1.37. The second-order valence-corrected chi connectivity index (χ2v) is 4.84. The molecule has 2 aromatic rings. The van der Waals surface area contributed by atoms with Crippen molar-refractivity contribution in [3.8, 4) is 0 Å². The van der Waals surface area contributed by atoms with Gasteiger partial charge in [0.1, 0.15) is 5.52 Å². The Labute approximate surface area is 103 Å². The Kier molecular flexibility index (Phi) is 2.74. The first kappa shape index (κ1) is 10.3. The summed E-state index contributed by atoms with van der Waals surface area (Å²) in [6.07, 6.45) is 1.60. The van der Waals surface area contributed by atoms with Crippen LogP contribution >= 0.6 is 38.5 Å². The first-order valence-corrected chi connectivity index (χ1v) is 5.88. The van der Waals surface area contributed by atoms with Gasteiger partial charge in [-0.15, -0.1) is 0 Å². The van der Waals surface area contributed by atoms with E-state index < -0.39 is 0 Å². The third-order valence-corrected chi connectivity index (χ3v) is 4.97. The van der Waals surface area contributed by atoms with Gasteiger partial charge in [-0.05, 0) is 57.1 Å². The van der Waals surface area contributed by atoms with E-state index in [0.29, 0.717) is 9.99 Å². The van der Waals surface area contributed by atoms with Crippen molar-refractivity contribution in [1.82, 2.24) is 4.98 Å². The summed E-state index contributed by atoms with van der Waals surface area (Å²) >= 11 is 5.36. The van der Waals surface area contributed by atoms with E-state index in [1.54, 1.807) is 6.20 Å². The van der Waals surface area contributed by atoms with Crippen molar-refractivity contribution in [2.75, 3.05) is 0 Å². The molecule has 0 amide bonds. The highest BCUT2D eigenvalue weighted by atomic mass is 127. The highest BCUT2D eigenvalue weighted by Crippen LogP contribution is 2.32. The number of nitrogens with zero attached hydrogens (tertiary/aromatic N) is 1. The highest BCUT2D eigenvalue weighted by Gasteiger charge is 2.13. The summed E-state index contributed by atoms with van der Waals surface area (Å²) in [5, 5.41) is 0.873. The second-order valence-electron chi connectivity index (χ2n) is 2.97. The molecule has 0 radical (unpaired) electrons. The number of hydrogen-bond acceptors (Lipinski definition) is 1. The van der Waals surface area contributed by atoms with Gasteiger partial charge in [0.15, 0.2) is 5.82 Å². The number of pyridine rings is 1. The van der Waals surface area contributed by atoms with E-state index in [0.717, 1.165) is 14.5 Å². The third kappa shape index (κ3) is 1.44. The van der Waals surface area contributed by atoms with Crippen LogP contribution < -0.4 is 0 Å². The van der Waals surface area contributed by atoms with Gasteiger partial charge in [0.25, 0.3) is 0 Å². The SMILES string of the molecule is Cc1c(I)c(Br)c(F)c2ncccc12. The quantitative estimate of drug-likeness (QED) is 0.507. The summed E-state index contributed by atoms with van der Waals surface area (Å²) in [7, 11) is 0. The fraction of sp³-hybridized carbons (Fsp3) is 0.100. The molecule has 0 unspecified atom stereocenters. The summed E-state index contributed by atoms with van der Waals surface area (Å²) < 4.78 is 15.1.